The minimum absolute atomic E-state index is 0.0772. The topological polar surface area (TPSA) is 38.5 Å². The van der Waals surface area contributed by atoms with Crippen molar-refractivity contribution in [1.82, 2.24) is 0 Å². The molecular weight excluding hydrogens is 248 g/mol. The van der Waals surface area contributed by atoms with Crippen LogP contribution in [-0.4, -0.2) is 25.2 Å². The summed E-state index contributed by atoms with van der Waals surface area (Å²) in [6.45, 7) is 5.31. The molecule has 1 aromatic rings. The number of ether oxygens (including phenoxy) is 1. The highest BCUT2D eigenvalue weighted by molar-refractivity contribution is 6.30. The first-order valence-electron chi connectivity index (χ1n) is 6.31. The summed E-state index contributed by atoms with van der Waals surface area (Å²) in [6.07, 6.45) is 2.14. The van der Waals surface area contributed by atoms with Gasteiger partial charge >= 0.3 is 0 Å². The second-order valence-corrected chi connectivity index (χ2v) is 5.97. The Morgan fingerprint density at radius 2 is 2.17 bits per heavy atom. The van der Waals surface area contributed by atoms with Gasteiger partial charge in [-0.1, -0.05) is 11.6 Å². The van der Waals surface area contributed by atoms with Crippen molar-refractivity contribution < 1.29 is 4.74 Å². The molecule has 1 aliphatic rings. The fraction of sp³-hybridized carbons (Fsp3) is 0.571. The molecule has 1 atom stereocenters. The number of nitrogens with zero attached hydrogens (tertiary/aromatic N) is 1. The zero-order chi connectivity index (χ0) is 13.3. The van der Waals surface area contributed by atoms with E-state index in [9.17, 15) is 0 Å². The maximum atomic E-state index is 6.11. The number of hydrogen-bond acceptors (Lipinski definition) is 3. The normalized spacial score (nSPS) is 22.9. The van der Waals surface area contributed by atoms with Gasteiger partial charge in [-0.15, -0.1) is 0 Å². The molecule has 1 aliphatic heterocycles. The van der Waals surface area contributed by atoms with E-state index in [1.54, 1.807) is 7.11 Å². The summed E-state index contributed by atoms with van der Waals surface area (Å²) < 4.78 is 5.44. The molecule has 1 heterocycles. The average molecular weight is 269 g/mol. The molecule has 4 heteroatoms. The van der Waals surface area contributed by atoms with Crippen molar-refractivity contribution in [2.75, 3.05) is 18.6 Å². The van der Waals surface area contributed by atoms with Gasteiger partial charge in [0.2, 0.25) is 0 Å². The van der Waals surface area contributed by atoms with E-state index in [0.717, 1.165) is 35.8 Å². The van der Waals surface area contributed by atoms with E-state index in [1.165, 1.54) is 0 Å². The lowest BCUT2D eigenvalue weighted by Gasteiger charge is -2.46. The summed E-state index contributed by atoms with van der Waals surface area (Å²) in [6, 6.07) is 5.93. The molecule has 3 nitrogen and oxygen atoms in total. The zero-order valence-corrected chi connectivity index (χ0v) is 12.0. The zero-order valence-electron chi connectivity index (χ0n) is 11.2. The van der Waals surface area contributed by atoms with E-state index in [0.29, 0.717) is 0 Å². The third-order valence-electron chi connectivity index (χ3n) is 3.71. The molecule has 0 amide bonds. The van der Waals surface area contributed by atoms with E-state index in [4.69, 9.17) is 22.1 Å². The predicted molar refractivity (Wildman–Crippen MR) is 76.6 cm³/mol. The Hall–Kier alpha value is -0.930. The van der Waals surface area contributed by atoms with Gasteiger partial charge in [0.15, 0.2) is 0 Å². The van der Waals surface area contributed by atoms with Crippen LogP contribution in [0.1, 0.15) is 26.7 Å². The summed E-state index contributed by atoms with van der Waals surface area (Å²) in [5.41, 5.74) is 7.21. The van der Waals surface area contributed by atoms with Crippen LogP contribution < -0.4 is 15.4 Å². The quantitative estimate of drug-likeness (QED) is 0.896. The summed E-state index contributed by atoms with van der Waals surface area (Å²) in [5.74, 6) is 0.849. The first kappa shape index (κ1) is 13.5. The fourth-order valence-electron chi connectivity index (χ4n) is 2.54. The number of anilines is 1. The fourth-order valence-corrected chi connectivity index (χ4v) is 2.71. The Morgan fingerprint density at radius 3 is 2.83 bits per heavy atom. The smallest absolute Gasteiger partial charge is 0.142 e. The highest BCUT2D eigenvalue weighted by atomic mass is 35.5. The minimum atomic E-state index is 0.0772. The largest absolute Gasteiger partial charge is 0.495 e. The summed E-state index contributed by atoms with van der Waals surface area (Å²) >= 11 is 6.11. The molecule has 1 aromatic carbocycles. The van der Waals surface area contributed by atoms with E-state index >= 15 is 0 Å². The highest BCUT2D eigenvalue weighted by Crippen LogP contribution is 2.38. The third kappa shape index (κ3) is 2.57. The van der Waals surface area contributed by atoms with Crippen LogP contribution in [0.5, 0.6) is 5.75 Å². The Labute approximate surface area is 114 Å². The molecule has 18 heavy (non-hydrogen) atoms. The van der Waals surface area contributed by atoms with Crippen molar-refractivity contribution in [3.05, 3.63) is 23.2 Å². The number of benzene rings is 1. The maximum absolute atomic E-state index is 6.11. The molecule has 0 radical (unpaired) electrons. The Morgan fingerprint density at radius 1 is 1.44 bits per heavy atom. The van der Waals surface area contributed by atoms with Gasteiger partial charge in [-0.3, -0.25) is 0 Å². The second-order valence-electron chi connectivity index (χ2n) is 5.54. The summed E-state index contributed by atoms with van der Waals surface area (Å²) in [7, 11) is 1.68. The lowest BCUT2D eigenvalue weighted by molar-refractivity contribution is 0.329. The lowest BCUT2D eigenvalue weighted by Crippen LogP contribution is -2.54. The van der Waals surface area contributed by atoms with Crippen LogP contribution in [0, 0.1) is 0 Å². The van der Waals surface area contributed by atoms with Crippen molar-refractivity contribution in [2.45, 2.75) is 38.3 Å². The number of nitrogens with two attached hydrogens (primary N) is 1. The van der Waals surface area contributed by atoms with Crippen LogP contribution in [-0.2, 0) is 0 Å². The van der Waals surface area contributed by atoms with Gasteiger partial charge in [0, 0.05) is 23.1 Å². The van der Waals surface area contributed by atoms with Gasteiger partial charge in [0.1, 0.15) is 5.75 Å². The van der Waals surface area contributed by atoms with Crippen molar-refractivity contribution >= 4 is 17.3 Å². The first-order chi connectivity index (χ1) is 8.44. The van der Waals surface area contributed by atoms with E-state index < -0.39 is 0 Å². The van der Waals surface area contributed by atoms with Crippen molar-refractivity contribution in [1.29, 1.82) is 0 Å². The van der Waals surface area contributed by atoms with Crippen molar-refractivity contribution in [3.63, 3.8) is 0 Å². The second kappa shape index (κ2) is 4.98. The number of methoxy groups -OCH3 is 1. The standard InChI is InChI=1S/C14H21ClN2O/c1-14(2)7-6-11(16)9-17(14)12-8-10(15)4-5-13(12)18-3/h4-5,8,11H,6-7,9,16H2,1-3H3. The minimum Gasteiger partial charge on any atom is -0.495 e. The monoisotopic (exact) mass is 268 g/mol. The molecule has 2 N–H and O–H groups in total. The summed E-state index contributed by atoms with van der Waals surface area (Å²) in [4.78, 5) is 2.31. The van der Waals surface area contributed by atoms with Gasteiger partial charge in [-0.25, -0.2) is 0 Å². The van der Waals surface area contributed by atoms with Crippen LogP contribution in [0.25, 0.3) is 0 Å². The van der Waals surface area contributed by atoms with Crippen LogP contribution >= 0.6 is 11.6 Å². The van der Waals surface area contributed by atoms with Gasteiger partial charge < -0.3 is 15.4 Å². The molecule has 0 spiro atoms. The van der Waals surface area contributed by atoms with Crippen molar-refractivity contribution in [2.24, 2.45) is 5.73 Å². The molecule has 1 unspecified atom stereocenters. The maximum Gasteiger partial charge on any atom is 0.142 e. The van der Waals surface area contributed by atoms with Crippen LogP contribution in [0.2, 0.25) is 5.02 Å². The molecule has 1 fully saturated rings. The number of hydrogen-bond donors (Lipinski definition) is 1. The molecule has 0 aromatic heterocycles. The van der Waals surface area contributed by atoms with E-state index in [2.05, 4.69) is 18.7 Å². The van der Waals surface area contributed by atoms with Crippen molar-refractivity contribution in [3.8, 4) is 5.75 Å². The SMILES string of the molecule is COc1ccc(Cl)cc1N1CC(N)CCC1(C)C. The number of halogens is 1. The van der Waals surface area contributed by atoms with Crippen LogP contribution in [0.15, 0.2) is 18.2 Å². The Bertz CT molecular complexity index is 434. The lowest BCUT2D eigenvalue weighted by atomic mass is 9.87. The molecule has 0 bridgehead atoms. The van der Waals surface area contributed by atoms with Crippen LogP contribution in [0.4, 0.5) is 5.69 Å². The Balaban J connectivity index is 2.42. The molecule has 0 aliphatic carbocycles. The van der Waals surface area contributed by atoms with Gasteiger partial charge in [-0.2, -0.15) is 0 Å². The number of piperidine rings is 1. The predicted octanol–water partition coefficient (Wildman–Crippen LogP) is 3.05. The molecular formula is C14H21ClN2O. The molecule has 1 saturated heterocycles. The van der Waals surface area contributed by atoms with Gasteiger partial charge in [-0.05, 0) is 44.9 Å². The summed E-state index contributed by atoms with van der Waals surface area (Å²) in [5, 5.41) is 0.723. The molecule has 2 rings (SSSR count). The Kier molecular flexibility index (Phi) is 3.74. The van der Waals surface area contributed by atoms with Gasteiger partial charge in [0.25, 0.3) is 0 Å². The van der Waals surface area contributed by atoms with Crippen LogP contribution in [0.3, 0.4) is 0 Å². The molecule has 100 valence electrons. The third-order valence-corrected chi connectivity index (χ3v) is 3.94. The first-order valence-corrected chi connectivity index (χ1v) is 6.68. The average Bonchev–Trinajstić information content (AvgIpc) is 2.32. The van der Waals surface area contributed by atoms with E-state index in [1.807, 2.05) is 18.2 Å². The molecule has 0 saturated carbocycles. The number of rotatable bonds is 2. The van der Waals surface area contributed by atoms with E-state index in [-0.39, 0.29) is 11.6 Å². The van der Waals surface area contributed by atoms with Gasteiger partial charge in [0.05, 0.1) is 12.8 Å². The highest BCUT2D eigenvalue weighted by Gasteiger charge is 2.34.